The van der Waals surface area contributed by atoms with Crippen molar-refractivity contribution in [1.29, 1.82) is 0 Å². The van der Waals surface area contributed by atoms with Crippen LogP contribution in [0.1, 0.15) is 78.6 Å². The molecule has 1 aliphatic heterocycles. The zero-order chi connectivity index (χ0) is 32.0. The number of rotatable bonds is 16. The molecule has 0 aromatic carbocycles. The van der Waals surface area contributed by atoms with Crippen LogP contribution in [-0.2, 0) is 33.9 Å². The van der Waals surface area contributed by atoms with Crippen LogP contribution in [0.5, 0.6) is 0 Å². The second-order valence-electron chi connectivity index (χ2n) is 12.8. The van der Waals surface area contributed by atoms with E-state index in [-0.39, 0.29) is 19.6 Å². The van der Waals surface area contributed by atoms with Gasteiger partial charge in [0.05, 0.1) is 11.9 Å². The number of amides is 4. The fourth-order valence-corrected chi connectivity index (χ4v) is 6.94. The molecule has 5 atom stereocenters. The first-order valence-electron chi connectivity index (χ1n) is 15.1. The zero-order valence-electron chi connectivity index (χ0n) is 25.9. The summed E-state index contributed by atoms with van der Waals surface area (Å²) in [4.78, 5) is 55.2. The second-order valence-corrected chi connectivity index (χ2v) is 14.7. The van der Waals surface area contributed by atoms with Crippen LogP contribution in [-0.4, -0.2) is 85.9 Å². The molecule has 2 saturated carbocycles. The molecule has 3 rings (SSSR count). The van der Waals surface area contributed by atoms with Crippen LogP contribution in [0.25, 0.3) is 0 Å². The number of nitrogens with zero attached hydrogens (tertiary/aromatic N) is 1. The smallest absolute Gasteiger partial charge is 0.408 e. The highest BCUT2D eigenvalue weighted by Crippen LogP contribution is 2.45. The third kappa shape index (κ3) is 9.04. The molecular weight excluding hydrogens is 576 g/mol. The van der Waals surface area contributed by atoms with E-state index >= 15 is 0 Å². The van der Waals surface area contributed by atoms with Gasteiger partial charge in [0.15, 0.2) is 0 Å². The lowest BCUT2D eigenvalue weighted by molar-refractivity contribution is -0.142. The molecular formula is C30H48N4O8S. The van der Waals surface area contributed by atoms with Crippen molar-refractivity contribution in [3.63, 3.8) is 0 Å². The van der Waals surface area contributed by atoms with Crippen molar-refractivity contribution < 1.29 is 37.1 Å². The lowest BCUT2D eigenvalue weighted by Crippen LogP contribution is -2.59. The number of likely N-dealkylation sites (tertiary alicyclic amines) is 1. The predicted molar refractivity (Wildman–Crippen MR) is 161 cm³/mol. The monoisotopic (exact) mass is 624 g/mol. The third-order valence-corrected chi connectivity index (χ3v) is 9.93. The van der Waals surface area contributed by atoms with Gasteiger partial charge in [-0.1, -0.05) is 18.6 Å². The van der Waals surface area contributed by atoms with Crippen molar-refractivity contribution >= 4 is 33.8 Å². The molecule has 0 aromatic rings. The van der Waals surface area contributed by atoms with Crippen LogP contribution in [0, 0.1) is 11.8 Å². The number of carbonyl (C=O) groups is 4. The van der Waals surface area contributed by atoms with Gasteiger partial charge in [-0.3, -0.25) is 19.1 Å². The van der Waals surface area contributed by atoms with Gasteiger partial charge >= 0.3 is 6.09 Å². The lowest BCUT2D eigenvalue weighted by Gasteiger charge is -2.34. The van der Waals surface area contributed by atoms with E-state index in [1.54, 1.807) is 20.8 Å². The zero-order valence-corrected chi connectivity index (χ0v) is 26.7. The van der Waals surface area contributed by atoms with E-state index in [0.29, 0.717) is 32.1 Å². The number of ether oxygens (including phenoxy) is 2. The van der Waals surface area contributed by atoms with Gasteiger partial charge in [-0.2, -0.15) is 0 Å². The number of unbranched alkanes of at least 4 members (excludes halogenated alkanes) is 2. The van der Waals surface area contributed by atoms with Gasteiger partial charge in [0, 0.05) is 25.5 Å². The first kappa shape index (κ1) is 34.6. The van der Waals surface area contributed by atoms with Crippen LogP contribution >= 0.6 is 0 Å². The van der Waals surface area contributed by atoms with E-state index in [0.717, 1.165) is 19.3 Å². The Balaban J connectivity index is 1.80. The van der Waals surface area contributed by atoms with Crippen molar-refractivity contribution in [2.45, 2.75) is 107 Å². The van der Waals surface area contributed by atoms with E-state index in [9.17, 15) is 27.6 Å². The molecule has 0 radical (unpaired) electrons. The molecule has 1 heterocycles. The predicted octanol–water partition coefficient (Wildman–Crippen LogP) is 2.55. The summed E-state index contributed by atoms with van der Waals surface area (Å²) in [6.45, 7) is 13.1. The van der Waals surface area contributed by atoms with E-state index < -0.39 is 74.1 Å². The maximum absolute atomic E-state index is 14.1. The average molecular weight is 625 g/mol. The first-order chi connectivity index (χ1) is 20.2. The van der Waals surface area contributed by atoms with Crippen LogP contribution in [0.3, 0.4) is 0 Å². The first-order valence-corrected chi connectivity index (χ1v) is 16.6. The summed E-state index contributed by atoms with van der Waals surface area (Å²) in [6, 6.07) is -1.93. The van der Waals surface area contributed by atoms with Crippen molar-refractivity contribution in [2.24, 2.45) is 11.8 Å². The Morgan fingerprint density at radius 2 is 1.81 bits per heavy atom. The Kier molecular flexibility index (Phi) is 11.4. The largest absolute Gasteiger partial charge is 0.444 e. The van der Waals surface area contributed by atoms with Crippen molar-refractivity contribution in [3.8, 4) is 0 Å². The van der Waals surface area contributed by atoms with Crippen molar-refractivity contribution in [2.75, 3.05) is 20.3 Å². The van der Waals surface area contributed by atoms with Crippen LogP contribution in [0.4, 0.5) is 4.79 Å². The molecule has 5 unspecified atom stereocenters. The number of sulfonamides is 1. The summed E-state index contributed by atoms with van der Waals surface area (Å²) in [5, 5.41) is 4.91. The number of hydrogen-bond donors (Lipinski definition) is 3. The van der Waals surface area contributed by atoms with Gasteiger partial charge in [0.2, 0.25) is 21.8 Å². The highest BCUT2D eigenvalue weighted by atomic mass is 32.2. The molecule has 3 fully saturated rings. The highest BCUT2D eigenvalue weighted by molar-refractivity contribution is 7.91. The summed E-state index contributed by atoms with van der Waals surface area (Å²) >= 11 is 0. The molecule has 13 heteroatoms. The molecule has 0 aromatic heterocycles. The molecule has 242 valence electrons. The lowest BCUT2D eigenvalue weighted by atomic mass is 9.92. The van der Waals surface area contributed by atoms with E-state index in [4.69, 9.17) is 9.47 Å². The Hall–Kier alpha value is -2.93. The topological polar surface area (TPSA) is 160 Å². The minimum Gasteiger partial charge on any atom is -0.444 e. The fraction of sp³-hybridized carbons (Fsp3) is 0.733. The molecule has 2 aliphatic carbocycles. The molecule has 1 saturated heterocycles. The standard InChI is InChI=1S/C30H48N4O8S/c1-7-9-10-11-13-20(19-41-6)24(31-28(38)42-29(3,4)5)26(36)34-17-12-14-23(34)25(35)32-30(18-21(30)8-2)27(37)33-43(39,40)22-15-16-22/h7-8,20-24H,1-2,9-19H2,3-6H3,(H,31,38)(H,32,35)(H,33,37). The molecule has 0 spiro atoms. The van der Waals surface area contributed by atoms with Gasteiger partial charge in [-0.15, -0.1) is 13.2 Å². The Morgan fingerprint density at radius 3 is 2.37 bits per heavy atom. The number of allylic oxidation sites excluding steroid dienone is 1. The minimum absolute atomic E-state index is 0.199. The number of nitrogens with one attached hydrogen (secondary N) is 3. The van der Waals surface area contributed by atoms with Gasteiger partial charge in [0.1, 0.15) is 23.2 Å². The van der Waals surface area contributed by atoms with E-state index in [1.165, 1.54) is 18.1 Å². The Labute approximate surface area is 255 Å². The molecule has 3 N–H and O–H groups in total. The van der Waals surface area contributed by atoms with Gasteiger partial charge in [-0.25, -0.2) is 13.2 Å². The van der Waals surface area contributed by atoms with Gasteiger partial charge in [0.25, 0.3) is 5.91 Å². The van der Waals surface area contributed by atoms with Crippen LogP contribution in [0.2, 0.25) is 0 Å². The number of hydrogen-bond acceptors (Lipinski definition) is 8. The van der Waals surface area contributed by atoms with Crippen LogP contribution in [0.15, 0.2) is 25.3 Å². The van der Waals surface area contributed by atoms with E-state index in [2.05, 4.69) is 28.5 Å². The fourth-order valence-electron chi connectivity index (χ4n) is 5.57. The Morgan fingerprint density at radius 1 is 1.12 bits per heavy atom. The molecule has 4 amide bonds. The summed E-state index contributed by atoms with van der Waals surface area (Å²) in [5.74, 6) is -2.63. The van der Waals surface area contributed by atoms with Crippen molar-refractivity contribution in [1.82, 2.24) is 20.3 Å². The van der Waals surface area contributed by atoms with Gasteiger partial charge < -0.3 is 25.0 Å². The SMILES string of the molecule is C=CCCCCC(COC)C(NC(=O)OC(C)(C)C)C(=O)N1CCCC1C(=O)NC1(C(=O)NS(=O)(=O)C2CC2)CC1C=C. The average Bonchev–Trinajstić information content (AvgIpc) is 3.84. The number of carbonyl (C=O) groups excluding carboxylic acids is 4. The summed E-state index contributed by atoms with van der Waals surface area (Å²) in [5.41, 5.74) is -2.24. The third-order valence-electron chi connectivity index (χ3n) is 8.11. The van der Waals surface area contributed by atoms with Crippen LogP contribution < -0.4 is 15.4 Å². The normalized spacial score (nSPS) is 24.8. The second kappa shape index (κ2) is 14.2. The van der Waals surface area contributed by atoms with Gasteiger partial charge in [-0.05, 0) is 72.1 Å². The highest BCUT2D eigenvalue weighted by Gasteiger charge is 2.61. The van der Waals surface area contributed by atoms with Crippen molar-refractivity contribution in [3.05, 3.63) is 25.3 Å². The number of alkyl carbamates (subject to hydrolysis) is 1. The quantitative estimate of drug-likeness (QED) is 0.175. The summed E-state index contributed by atoms with van der Waals surface area (Å²) in [7, 11) is -2.30. The maximum atomic E-state index is 14.1. The maximum Gasteiger partial charge on any atom is 0.408 e. The molecule has 0 bridgehead atoms. The Bertz CT molecular complexity index is 1180. The summed E-state index contributed by atoms with van der Waals surface area (Å²) < 4.78 is 37.9. The molecule has 3 aliphatic rings. The summed E-state index contributed by atoms with van der Waals surface area (Å²) in [6.07, 6.45) is 7.69. The molecule has 12 nitrogen and oxygen atoms in total. The number of methoxy groups -OCH3 is 1. The minimum atomic E-state index is -3.82. The van der Waals surface area contributed by atoms with E-state index in [1.807, 2.05) is 6.08 Å². The molecule has 43 heavy (non-hydrogen) atoms.